The van der Waals surface area contributed by atoms with E-state index in [4.69, 9.17) is 4.74 Å². The van der Waals surface area contributed by atoms with Crippen molar-refractivity contribution in [2.45, 2.75) is 65.0 Å². The second-order valence-corrected chi connectivity index (χ2v) is 6.40. The molecule has 0 aromatic heterocycles. The zero-order valence-corrected chi connectivity index (χ0v) is 13.2. The summed E-state index contributed by atoms with van der Waals surface area (Å²) in [5, 5.41) is 3.03. The predicted octanol–water partition coefficient (Wildman–Crippen LogP) is 1.71. The van der Waals surface area contributed by atoms with Crippen molar-refractivity contribution in [3.8, 4) is 0 Å². The van der Waals surface area contributed by atoms with E-state index in [0.717, 1.165) is 25.9 Å². The molecular formula is C15H28N2O3. The van der Waals surface area contributed by atoms with E-state index in [2.05, 4.69) is 10.2 Å². The fourth-order valence-corrected chi connectivity index (χ4v) is 2.35. The molecule has 1 atom stereocenters. The summed E-state index contributed by atoms with van der Waals surface area (Å²) >= 11 is 0. The first-order valence-electron chi connectivity index (χ1n) is 7.53. The Morgan fingerprint density at radius 1 is 1.35 bits per heavy atom. The maximum absolute atomic E-state index is 11.7. The number of amides is 1. The predicted molar refractivity (Wildman–Crippen MR) is 78.4 cm³/mol. The number of piperidine rings is 1. The molecule has 0 spiro atoms. The summed E-state index contributed by atoms with van der Waals surface area (Å²) < 4.78 is 5.30. The van der Waals surface area contributed by atoms with Crippen molar-refractivity contribution in [3.63, 3.8) is 0 Å². The zero-order chi connectivity index (χ0) is 15.2. The number of esters is 1. The molecule has 0 unspecified atom stereocenters. The molecule has 1 aliphatic rings. The summed E-state index contributed by atoms with van der Waals surface area (Å²) in [5.41, 5.74) is -0.420. The molecule has 0 aromatic rings. The lowest BCUT2D eigenvalue weighted by Crippen LogP contribution is -2.48. The number of nitrogens with zero attached hydrogens (tertiary/aromatic N) is 1. The summed E-state index contributed by atoms with van der Waals surface area (Å²) in [4.78, 5) is 25.3. The molecule has 5 nitrogen and oxygen atoms in total. The number of hydrogen-bond acceptors (Lipinski definition) is 4. The first-order chi connectivity index (χ1) is 9.30. The third-order valence-electron chi connectivity index (χ3n) is 3.24. The van der Waals surface area contributed by atoms with Crippen molar-refractivity contribution < 1.29 is 14.3 Å². The van der Waals surface area contributed by atoms with Gasteiger partial charge in [0.1, 0.15) is 5.60 Å². The topological polar surface area (TPSA) is 58.6 Å². The van der Waals surface area contributed by atoms with Gasteiger partial charge in [-0.05, 0) is 40.2 Å². The fraction of sp³-hybridized carbons (Fsp3) is 0.867. The molecule has 1 saturated heterocycles. The Morgan fingerprint density at radius 2 is 2.05 bits per heavy atom. The van der Waals surface area contributed by atoms with Crippen LogP contribution in [0.3, 0.4) is 0 Å². The molecule has 1 N–H and O–H groups in total. The van der Waals surface area contributed by atoms with E-state index in [-0.39, 0.29) is 17.9 Å². The fourth-order valence-electron chi connectivity index (χ4n) is 2.35. The molecule has 116 valence electrons. The van der Waals surface area contributed by atoms with Crippen LogP contribution in [-0.2, 0) is 14.3 Å². The molecule has 1 rings (SSSR count). The monoisotopic (exact) mass is 284 g/mol. The van der Waals surface area contributed by atoms with Gasteiger partial charge in [0.25, 0.3) is 0 Å². The number of nitrogens with one attached hydrogen (secondary N) is 1. The Balaban J connectivity index is 2.30. The highest BCUT2D eigenvalue weighted by atomic mass is 16.6. The normalized spacial score (nSPS) is 20.5. The minimum absolute atomic E-state index is 0.101. The largest absolute Gasteiger partial charge is 0.460 e. The zero-order valence-electron chi connectivity index (χ0n) is 13.2. The van der Waals surface area contributed by atoms with Crippen molar-refractivity contribution in [1.82, 2.24) is 10.2 Å². The average molecular weight is 284 g/mol. The molecule has 1 aliphatic heterocycles. The maximum Gasteiger partial charge on any atom is 0.307 e. The van der Waals surface area contributed by atoms with Gasteiger partial charge in [0.05, 0.1) is 6.42 Å². The highest BCUT2D eigenvalue weighted by Gasteiger charge is 2.22. The van der Waals surface area contributed by atoms with Gasteiger partial charge < -0.3 is 15.0 Å². The summed E-state index contributed by atoms with van der Waals surface area (Å²) in [5.74, 6) is -0.0544. The number of rotatable bonds is 5. The average Bonchev–Trinajstić information content (AvgIpc) is 2.34. The Kier molecular flexibility index (Phi) is 6.46. The summed E-state index contributed by atoms with van der Waals surface area (Å²) in [7, 11) is 0. The van der Waals surface area contributed by atoms with Crippen LogP contribution in [0.5, 0.6) is 0 Å². The second kappa shape index (κ2) is 7.62. The Morgan fingerprint density at radius 3 is 2.65 bits per heavy atom. The molecule has 0 aromatic carbocycles. The molecule has 0 saturated carbocycles. The summed E-state index contributed by atoms with van der Waals surface area (Å²) in [6, 6.07) is 0.217. The van der Waals surface area contributed by atoms with Gasteiger partial charge in [-0.3, -0.25) is 9.59 Å². The molecule has 1 amide bonds. The van der Waals surface area contributed by atoms with Crippen LogP contribution in [0.25, 0.3) is 0 Å². The van der Waals surface area contributed by atoms with E-state index in [1.54, 1.807) is 0 Å². The van der Waals surface area contributed by atoms with E-state index >= 15 is 0 Å². The van der Waals surface area contributed by atoms with E-state index in [1.807, 2.05) is 27.7 Å². The third kappa shape index (κ3) is 6.89. The van der Waals surface area contributed by atoms with Crippen LogP contribution >= 0.6 is 0 Å². The maximum atomic E-state index is 11.7. The van der Waals surface area contributed by atoms with Gasteiger partial charge in [0, 0.05) is 25.6 Å². The van der Waals surface area contributed by atoms with Crippen LogP contribution in [0.1, 0.15) is 53.4 Å². The molecule has 0 radical (unpaired) electrons. The summed E-state index contributed by atoms with van der Waals surface area (Å²) in [6.45, 7) is 10.0. The van der Waals surface area contributed by atoms with Crippen molar-refractivity contribution in [3.05, 3.63) is 0 Å². The number of ether oxygens (including phenoxy) is 1. The summed E-state index contributed by atoms with van der Waals surface area (Å²) in [6.07, 6.45) is 3.01. The Bertz CT molecular complexity index is 337. The van der Waals surface area contributed by atoms with Crippen LogP contribution in [-0.4, -0.2) is 48.1 Å². The molecule has 1 fully saturated rings. The SMILES string of the molecule is CCC(=O)N[C@H]1CCCN(CCC(=O)OC(C)(C)C)C1. The number of hydrogen-bond donors (Lipinski definition) is 1. The highest BCUT2D eigenvalue weighted by molar-refractivity contribution is 5.75. The molecular weight excluding hydrogens is 256 g/mol. The molecule has 1 heterocycles. The van der Waals surface area contributed by atoms with Crippen molar-refractivity contribution in [1.29, 1.82) is 0 Å². The van der Waals surface area contributed by atoms with Gasteiger partial charge in [-0.25, -0.2) is 0 Å². The lowest BCUT2D eigenvalue weighted by Gasteiger charge is -2.33. The van der Waals surface area contributed by atoms with Gasteiger partial charge in [-0.15, -0.1) is 0 Å². The van der Waals surface area contributed by atoms with E-state index < -0.39 is 5.60 Å². The van der Waals surface area contributed by atoms with Gasteiger partial charge in [0.2, 0.25) is 5.91 Å². The molecule has 5 heteroatoms. The number of carbonyl (C=O) groups is 2. The van der Waals surface area contributed by atoms with Crippen LogP contribution in [0.15, 0.2) is 0 Å². The molecule has 0 bridgehead atoms. The standard InChI is InChI=1S/C15H28N2O3/c1-5-13(18)16-12-7-6-9-17(11-12)10-8-14(19)20-15(2,3)4/h12H,5-11H2,1-4H3,(H,16,18)/t12-/m0/s1. The quantitative estimate of drug-likeness (QED) is 0.781. The van der Waals surface area contributed by atoms with Crippen molar-refractivity contribution in [2.75, 3.05) is 19.6 Å². The van der Waals surface area contributed by atoms with Crippen LogP contribution < -0.4 is 5.32 Å². The lowest BCUT2D eigenvalue weighted by molar-refractivity contribution is -0.155. The third-order valence-corrected chi connectivity index (χ3v) is 3.24. The minimum atomic E-state index is -0.420. The van der Waals surface area contributed by atoms with Crippen molar-refractivity contribution in [2.24, 2.45) is 0 Å². The van der Waals surface area contributed by atoms with E-state index in [9.17, 15) is 9.59 Å². The Hall–Kier alpha value is -1.10. The van der Waals surface area contributed by atoms with Gasteiger partial charge >= 0.3 is 5.97 Å². The molecule has 0 aliphatic carbocycles. The first-order valence-corrected chi connectivity index (χ1v) is 7.53. The second-order valence-electron chi connectivity index (χ2n) is 6.40. The van der Waals surface area contributed by atoms with Crippen LogP contribution in [0.4, 0.5) is 0 Å². The van der Waals surface area contributed by atoms with Gasteiger partial charge in [-0.2, -0.15) is 0 Å². The number of carbonyl (C=O) groups excluding carboxylic acids is 2. The van der Waals surface area contributed by atoms with Gasteiger partial charge in [-0.1, -0.05) is 6.92 Å². The van der Waals surface area contributed by atoms with Crippen molar-refractivity contribution >= 4 is 11.9 Å². The molecule has 20 heavy (non-hydrogen) atoms. The first kappa shape index (κ1) is 17.0. The minimum Gasteiger partial charge on any atom is -0.460 e. The smallest absolute Gasteiger partial charge is 0.307 e. The van der Waals surface area contributed by atoms with E-state index in [0.29, 0.717) is 19.4 Å². The van der Waals surface area contributed by atoms with Gasteiger partial charge in [0.15, 0.2) is 0 Å². The number of likely N-dealkylation sites (tertiary alicyclic amines) is 1. The van der Waals surface area contributed by atoms with Crippen LogP contribution in [0.2, 0.25) is 0 Å². The van der Waals surface area contributed by atoms with Crippen LogP contribution in [0, 0.1) is 0 Å². The Labute approximate surface area is 122 Å². The van der Waals surface area contributed by atoms with E-state index in [1.165, 1.54) is 0 Å². The lowest BCUT2D eigenvalue weighted by atomic mass is 10.1. The highest BCUT2D eigenvalue weighted by Crippen LogP contribution is 2.12.